The van der Waals surface area contributed by atoms with E-state index in [0.717, 1.165) is 18.8 Å². The van der Waals surface area contributed by atoms with Crippen molar-refractivity contribution in [2.75, 3.05) is 0 Å². The first-order valence-electron chi connectivity index (χ1n) is 11.5. The van der Waals surface area contributed by atoms with Crippen LogP contribution in [0.3, 0.4) is 0 Å². The lowest BCUT2D eigenvalue weighted by Crippen LogP contribution is -2.40. The van der Waals surface area contributed by atoms with Gasteiger partial charge in [-0.2, -0.15) is 4.98 Å². The molecule has 35 heavy (non-hydrogen) atoms. The van der Waals surface area contributed by atoms with Crippen molar-refractivity contribution in [3.05, 3.63) is 72.5 Å². The summed E-state index contributed by atoms with van der Waals surface area (Å²) in [5.41, 5.74) is 0.317. The van der Waals surface area contributed by atoms with Crippen LogP contribution in [0.25, 0.3) is 11.2 Å². The molecule has 0 unspecified atom stereocenters. The Balaban J connectivity index is 1.28. The molecule has 1 N–H and O–H groups in total. The predicted molar refractivity (Wildman–Crippen MR) is 128 cm³/mol. The average Bonchev–Trinajstić information content (AvgIpc) is 3.40. The van der Waals surface area contributed by atoms with Crippen LogP contribution in [0.4, 0.5) is 4.39 Å². The van der Waals surface area contributed by atoms with Crippen LogP contribution in [0.15, 0.2) is 32.2 Å². The molecule has 0 aliphatic heterocycles. The smallest absolute Gasteiger partial charge is 0.332 e. The van der Waals surface area contributed by atoms with Crippen molar-refractivity contribution in [1.82, 2.24) is 29.3 Å². The van der Waals surface area contributed by atoms with E-state index in [1.807, 2.05) is 0 Å². The lowest BCUT2D eigenvalue weighted by Gasteiger charge is -2.11. The van der Waals surface area contributed by atoms with E-state index in [1.54, 1.807) is 6.07 Å². The molecule has 3 heterocycles. The quantitative estimate of drug-likeness (QED) is 0.314. The molecule has 1 aromatic carbocycles. The van der Waals surface area contributed by atoms with Crippen LogP contribution >= 0.6 is 23.2 Å². The van der Waals surface area contributed by atoms with Crippen molar-refractivity contribution in [1.29, 1.82) is 0 Å². The van der Waals surface area contributed by atoms with E-state index in [1.165, 1.54) is 34.1 Å². The summed E-state index contributed by atoms with van der Waals surface area (Å²) in [5, 5.41) is 8.40. The minimum atomic E-state index is -0.458. The van der Waals surface area contributed by atoms with Gasteiger partial charge in [-0.25, -0.2) is 9.18 Å². The van der Waals surface area contributed by atoms with Gasteiger partial charge < -0.3 is 9.40 Å². The van der Waals surface area contributed by atoms with Gasteiger partial charge in [0.15, 0.2) is 11.2 Å². The number of imidazole rings is 1. The number of hydrogen-bond acceptors (Lipinski definition) is 6. The Bertz CT molecular complexity index is 1490. The summed E-state index contributed by atoms with van der Waals surface area (Å²) in [7, 11) is 0. The van der Waals surface area contributed by atoms with Gasteiger partial charge in [0.1, 0.15) is 5.82 Å². The molecule has 1 aliphatic carbocycles. The minimum Gasteiger partial charge on any atom is -0.425 e. The van der Waals surface area contributed by atoms with Gasteiger partial charge >= 0.3 is 5.69 Å². The third kappa shape index (κ3) is 5.33. The molecule has 0 spiro atoms. The van der Waals surface area contributed by atoms with Crippen LogP contribution in [0.2, 0.25) is 10.3 Å². The van der Waals surface area contributed by atoms with E-state index >= 15 is 0 Å². The fourth-order valence-electron chi connectivity index (χ4n) is 4.16. The van der Waals surface area contributed by atoms with Crippen LogP contribution in [0.5, 0.6) is 0 Å². The van der Waals surface area contributed by atoms with Gasteiger partial charge in [-0.15, -0.1) is 10.2 Å². The summed E-state index contributed by atoms with van der Waals surface area (Å²) < 4.78 is 21.6. The number of hydrogen-bond donors (Lipinski definition) is 1. The summed E-state index contributed by atoms with van der Waals surface area (Å²) in [6, 6.07) is 4.12. The molecule has 5 rings (SSSR count). The number of benzene rings is 1. The number of aryl methyl sites for hydroxylation is 2. The molecule has 9 nitrogen and oxygen atoms in total. The predicted octanol–water partition coefficient (Wildman–Crippen LogP) is 4.13. The Morgan fingerprint density at radius 2 is 1.86 bits per heavy atom. The maximum Gasteiger partial charge on any atom is 0.332 e. The maximum absolute atomic E-state index is 13.2. The second-order valence-electron chi connectivity index (χ2n) is 8.81. The Kier molecular flexibility index (Phi) is 6.75. The van der Waals surface area contributed by atoms with Crippen molar-refractivity contribution in [3.8, 4) is 0 Å². The van der Waals surface area contributed by atoms with E-state index < -0.39 is 17.1 Å². The van der Waals surface area contributed by atoms with E-state index in [4.69, 9.17) is 27.6 Å². The number of fused-ring (bicyclic) bond motifs is 1. The number of nitrogens with zero attached hydrogens (tertiary/aromatic N) is 5. The van der Waals surface area contributed by atoms with Crippen LogP contribution in [0, 0.1) is 11.7 Å². The van der Waals surface area contributed by atoms with Gasteiger partial charge in [-0.3, -0.25) is 13.9 Å². The number of aromatic nitrogens is 6. The summed E-state index contributed by atoms with van der Waals surface area (Å²) >= 11 is 12.1. The molecular formula is C23H23Cl2FN6O3. The third-order valence-electron chi connectivity index (χ3n) is 6.16. The fraction of sp³-hybridized carbons (Fsp3) is 0.435. The number of H-pyrrole nitrogens is 1. The second-order valence-corrected chi connectivity index (χ2v) is 9.57. The van der Waals surface area contributed by atoms with Gasteiger partial charge in [0.05, 0.1) is 6.42 Å². The zero-order chi connectivity index (χ0) is 24.5. The highest BCUT2D eigenvalue weighted by Gasteiger charge is 2.22. The van der Waals surface area contributed by atoms with E-state index in [2.05, 4.69) is 20.2 Å². The highest BCUT2D eigenvalue weighted by molar-refractivity contribution is 6.31. The van der Waals surface area contributed by atoms with E-state index in [0.29, 0.717) is 36.7 Å². The normalized spacial score (nSPS) is 13.7. The molecule has 0 amide bonds. The van der Waals surface area contributed by atoms with Gasteiger partial charge in [0.2, 0.25) is 17.1 Å². The Morgan fingerprint density at radius 3 is 2.63 bits per heavy atom. The Hall–Kier alpha value is -2.98. The van der Waals surface area contributed by atoms with Gasteiger partial charge in [0, 0.05) is 24.5 Å². The largest absolute Gasteiger partial charge is 0.425 e. The molecule has 12 heteroatoms. The first-order chi connectivity index (χ1) is 16.9. The monoisotopic (exact) mass is 520 g/mol. The molecular weight excluding hydrogens is 498 g/mol. The first kappa shape index (κ1) is 23.7. The van der Waals surface area contributed by atoms with Crippen molar-refractivity contribution in [2.45, 2.75) is 58.0 Å². The minimum absolute atomic E-state index is 0.0739. The van der Waals surface area contributed by atoms with Crippen molar-refractivity contribution >= 4 is 34.4 Å². The third-order valence-corrected chi connectivity index (χ3v) is 6.69. The van der Waals surface area contributed by atoms with Crippen molar-refractivity contribution in [2.24, 2.45) is 5.92 Å². The highest BCUT2D eigenvalue weighted by atomic mass is 35.5. The SMILES string of the molecule is O=c1c2[nH]c(Cl)nc2n(CCCC2CC2)c(=O)n1CCCc1nnc(Cc2ccc(F)cc2Cl)o1. The zero-order valence-corrected chi connectivity index (χ0v) is 20.3. The van der Waals surface area contributed by atoms with E-state index in [-0.39, 0.29) is 34.4 Å². The zero-order valence-electron chi connectivity index (χ0n) is 18.8. The Labute approximate surface area is 208 Å². The summed E-state index contributed by atoms with van der Waals surface area (Å²) in [4.78, 5) is 33.0. The van der Waals surface area contributed by atoms with Gasteiger partial charge in [0.25, 0.3) is 5.56 Å². The van der Waals surface area contributed by atoms with Gasteiger partial charge in [-0.05, 0) is 54.5 Å². The highest BCUT2D eigenvalue weighted by Crippen LogP contribution is 2.33. The van der Waals surface area contributed by atoms with Crippen molar-refractivity contribution < 1.29 is 8.81 Å². The molecule has 1 saturated carbocycles. The molecule has 0 radical (unpaired) electrons. The molecule has 0 saturated heterocycles. The maximum atomic E-state index is 13.2. The number of halogens is 3. The lowest BCUT2D eigenvalue weighted by atomic mass is 10.1. The molecule has 0 bridgehead atoms. The lowest BCUT2D eigenvalue weighted by molar-refractivity contribution is 0.440. The summed E-state index contributed by atoms with van der Waals surface area (Å²) in [6.45, 7) is 0.653. The molecule has 3 aromatic heterocycles. The fourth-order valence-corrected chi connectivity index (χ4v) is 4.57. The molecule has 4 aromatic rings. The first-order valence-corrected chi connectivity index (χ1v) is 12.3. The average molecular weight is 521 g/mol. The van der Waals surface area contributed by atoms with E-state index in [9.17, 15) is 14.0 Å². The number of nitrogens with one attached hydrogen (secondary N) is 1. The number of rotatable bonds is 10. The molecule has 184 valence electrons. The summed E-state index contributed by atoms with van der Waals surface area (Å²) in [5.74, 6) is 1.05. The van der Waals surface area contributed by atoms with Crippen LogP contribution in [-0.2, 0) is 25.9 Å². The molecule has 0 atom stereocenters. The number of aromatic amines is 1. The molecule has 1 aliphatic rings. The standard InChI is InChI=1S/C23H23Cl2FN6O3/c24-16-12-15(26)8-7-14(16)11-18-30-29-17(35-18)4-2-10-32-21(33)19-20(28-22(25)27-19)31(23(32)34)9-1-3-13-5-6-13/h7-8,12-13H,1-6,9-11H2,(H,27,28). The topological polar surface area (TPSA) is 112 Å². The summed E-state index contributed by atoms with van der Waals surface area (Å²) in [6.07, 6.45) is 5.45. The second kappa shape index (κ2) is 9.94. The van der Waals surface area contributed by atoms with Crippen LogP contribution in [-0.4, -0.2) is 29.3 Å². The Morgan fingerprint density at radius 1 is 1.09 bits per heavy atom. The van der Waals surface area contributed by atoms with Crippen LogP contribution < -0.4 is 11.2 Å². The molecule has 1 fully saturated rings. The van der Waals surface area contributed by atoms with Crippen LogP contribution in [0.1, 0.15) is 49.4 Å². The van der Waals surface area contributed by atoms with Crippen molar-refractivity contribution in [3.63, 3.8) is 0 Å². The van der Waals surface area contributed by atoms with Gasteiger partial charge in [-0.1, -0.05) is 30.5 Å².